The van der Waals surface area contributed by atoms with Crippen LogP contribution in [0.1, 0.15) is 0 Å². The summed E-state index contributed by atoms with van der Waals surface area (Å²) in [6.45, 7) is 0. The molecule has 0 unspecified atom stereocenters. The van der Waals surface area contributed by atoms with Crippen LogP contribution in [0.25, 0.3) is 43.2 Å². The second-order valence-corrected chi connectivity index (χ2v) is 6.29. The van der Waals surface area contributed by atoms with Gasteiger partial charge in [-0.15, -0.1) is 10.2 Å². The zero-order chi connectivity index (χ0) is 19.8. The Morgan fingerprint density at radius 1 is 0.897 bits per heavy atom. The number of aromatic nitrogens is 3. The Bertz CT molecular complexity index is 1480. The summed E-state index contributed by atoms with van der Waals surface area (Å²) in [4.78, 5) is 7.43. The van der Waals surface area contributed by atoms with Crippen molar-refractivity contribution < 1.29 is 5.11 Å². The molecule has 9 heteroatoms. The van der Waals surface area contributed by atoms with Gasteiger partial charge >= 0.3 is 0 Å². The van der Waals surface area contributed by atoms with Crippen molar-refractivity contribution in [1.82, 2.24) is 15.2 Å². The molecule has 2 aromatic heterocycles. The van der Waals surface area contributed by atoms with Crippen molar-refractivity contribution >= 4 is 49.9 Å². The van der Waals surface area contributed by atoms with Gasteiger partial charge < -0.3 is 5.11 Å². The second-order valence-electron chi connectivity index (χ2n) is 6.29. The van der Waals surface area contributed by atoms with Gasteiger partial charge in [0.15, 0.2) is 11.5 Å². The molecule has 3 aromatic carbocycles. The summed E-state index contributed by atoms with van der Waals surface area (Å²) in [5.74, 6) is 0.295. The van der Waals surface area contributed by atoms with Crippen LogP contribution in [-0.4, -0.2) is 20.3 Å². The molecule has 5 rings (SSSR count). The molecule has 0 fully saturated rings. The number of nitrogens with one attached hydrogen (secondary N) is 1. The lowest BCUT2D eigenvalue weighted by Crippen LogP contribution is -1.82. The number of nitrogens with zero attached hydrogens (tertiary/aromatic N) is 7. The number of aromatic hydroxyl groups is 1. The fraction of sp³-hybridized carbons (Fsp3) is 0. The fourth-order valence-corrected chi connectivity index (χ4v) is 3.31. The van der Waals surface area contributed by atoms with Gasteiger partial charge in [-0.25, -0.2) is 4.98 Å². The molecule has 0 aliphatic rings. The topological polar surface area (TPSA) is 135 Å². The molecule has 0 aliphatic heterocycles. The number of para-hydroxylation sites is 1. The van der Waals surface area contributed by atoms with E-state index < -0.39 is 0 Å². The maximum atomic E-state index is 10.3. The van der Waals surface area contributed by atoms with Gasteiger partial charge in [0.2, 0.25) is 0 Å². The first-order valence-electron chi connectivity index (χ1n) is 8.70. The van der Waals surface area contributed by atoms with Crippen LogP contribution < -0.4 is 0 Å². The Kier molecular flexibility index (Phi) is 3.79. The maximum absolute atomic E-state index is 10.3. The van der Waals surface area contributed by atoms with Crippen molar-refractivity contribution in [3.8, 4) is 5.75 Å². The zero-order valence-electron chi connectivity index (χ0n) is 14.9. The number of hydrogen-bond acceptors (Lipinski definition) is 6. The third-order valence-corrected chi connectivity index (χ3v) is 4.62. The van der Waals surface area contributed by atoms with Gasteiger partial charge in [-0.05, 0) is 23.1 Å². The van der Waals surface area contributed by atoms with E-state index >= 15 is 0 Å². The number of rotatable bonds is 3. The molecule has 0 spiro atoms. The minimum atomic E-state index is 0.00937. The lowest BCUT2D eigenvalue weighted by Gasteiger charge is -2.04. The van der Waals surface area contributed by atoms with Gasteiger partial charge in [0.1, 0.15) is 11.4 Å². The number of pyridine rings is 1. The molecule has 29 heavy (non-hydrogen) atoms. The first-order chi connectivity index (χ1) is 14.3. The van der Waals surface area contributed by atoms with E-state index in [0.717, 1.165) is 10.8 Å². The van der Waals surface area contributed by atoms with Gasteiger partial charge in [-0.2, -0.15) is 5.10 Å². The molecule has 0 saturated heterocycles. The second kappa shape index (κ2) is 6.59. The minimum Gasteiger partial charge on any atom is -0.506 e. The zero-order valence-corrected chi connectivity index (χ0v) is 14.9. The van der Waals surface area contributed by atoms with E-state index in [1.807, 2.05) is 54.6 Å². The molecule has 0 bridgehead atoms. The standard InChI is InChI=1S/C20H12N8O/c21-28-24-18-13-7-3-4-8-14(13)22-19-16(18)20(27-25-19)26-23-17-12-6-2-1-5-11(12)9-10-15(17)29/h1-10,29H,(H,22,25,27). The van der Waals surface area contributed by atoms with Gasteiger partial charge in [-0.3, -0.25) is 5.10 Å². The highest BCUT2D eigenvalue weighted by Crippen LogP contribution is 2.40. The van der Waals surface area contributed by atoms with Crippen LogP contribution >= 0.6 is 0 Å². The van der Waals surface area contributed by atoms with Crippen molar-refractivity contribution in [2.75, 3.05) is 0 Å². The Labute approximate surface area is 163 Å². The van der Waals surface area contributed by atoms with Crippen LogP contribution in [0.15, 0.2) is 76.0 Å². The molecule has 0 aliphatic carbocycles. The van der Waals surface area contributed by atoms with Crippen LogP contribution in [0.4, 0.5) is 17.2 Å². The average Bonchev–Trinajstić information content (AvgIpc) is 3.15. The fourth-order valence-electron chi connectivity index (χ4n) is 3.31. The number of fused-ring (bicyclic) bond motifs is 3. The molecule has 0 amide bonds. The van der Waals surface area contributed by atoms with Crippen LogP contribution in [0.3, 0.4) is 0 Å². The third-order valence-electron chi connectivity index (χ3n) is 4.62. The molecule has 9 nitrogen and oxygen atoms in total. The number of azo groups is 1. The summed E-state index contributed by atoms with van der Waals surface area (Å²) in [5, 5.41) is 32.4. The average molecular weight is 380 g/mol. The van der Waals surface area contributed by atoms with Crippen molar-refractivity contribution in [2.45, 2.75) is 0 Å². The van der Waals surface area contributed by atoms with Crippen molar-refractivity contribution in [3.63, 3.8) is 0 Å². The molecule has 0 saturated carbocycles. The Morgan fingerprint density at radius 2 is 1.69 bits per heavy atom. The number of hydrogen-bond donors (Lipinski definition) is 2. The first-order valence-corrected chi connectivity index (χ1v) is 8.70. The number of benzene rings is 3. The Morgan fingerprint density at radius 3 is 2.55 bits per heavy atom. The third kappa shape index (κ3) is 2.70. The summed E-state index contributed by atoms with van der Waals surface area (Å²) in [5.41, 5.74) is 10.8. The molecular formula is C20H12N8O. The molecule has 0 radical (unpaired) electrons. The lowest BCUT2D eigenvalue weighted by atomic mass is 10.1. The minimum absolute atomic E-state index is 0.00937. The molecular weight excluding hydrogens is 368 g/mol. The van der Waals surface area contributed by atoms with E-state index in [4.69, 9.17) is 5.53 Å². The highest BCUT2D eigenvalue weighted by molar-refractivity contribution is 6.08. The van der Waals surface area contributed by atoms with E-state index in [1.54, 1.807) is 6.07 Å². The van der Waals surface area contributed by atoms with Gasteiger partial charge in [-0.1, -0.05) is 53.6 Å². The quantitative estimate of drug-likeness (QED) is 0.215. The van der Waals surface area contributed by atoms with Crippen LogP contribution in [0.2, 0.25) is 0 Å². The monoisotopic (exact) mass is 380 g/mol. The smallest absolute Gasteiger partial charge is 0.184 e. The number of H-pyrrole nitrogens is 1. The molecule has 138 valence electrons. The summed E-state index contributed by atoms with van der Waals surface area (Å²) < 4.78 is 0. The number of aromatic amines is 1. The normalized spacial score (nSPS) is 11.4. The van der Waals surface area contributed by atoms with Crippen LogP contribution in [0.5, 0.6) is 5.75 Å². The predicted octanol–water partition coefficient (Wildman–Crippen LogP) is 6.33. The van der Waals surface area contributed by atoms with Gasteiger partial charge in [0.25, 0.3) is 0 Å². The van der Waals surface area contributed by atoms with Gasteiger partial charge in [0.05, 0.1) is 16.6 Å². The van der Waals surface area contributed by atoms with E-state index in [-0.39, 0.29) is 11.6 Å². The van der Waals surface area contributed by atoms with E-state index in [9.17, 15) is 5.11 Å². The largest absolute Gasteiger partial charge is 0.506 e. The maximum Gasteiger partial charge on any atom is 0.184 e. The van der Waals surface area contributed by atoms with Gasteiger partial charge in [0, 0.05) is 15.7 Å². The first kappa shape index (κ1) is 16.7. The number of phenolic OH excluding ortho intramolecular Hbond substituents is 1. The SMILES string of the molecule is [N-]=[N+]=Nc1c2ccccc2nc2n[nH]c(N=Nc3c(O)ccc4ccccc34)c12. The highest BCUT2D eigenvalue weighted by atomic mass is 16.3. The highest BCUT2D eigenvalue weighted by Gasteiger charge is 2.15. The van der Waals surface area contributed by atoms with Crippen molar-refractivity contribution in [3.05, 3.63) is 71.1 Å². The summed E-state index contributed by atoms with van der Waals surface area (Å²) >= 11 is 0. The molecule has 5 aromatic rings. The number of phenols is 1. The van der Waals surface area contributed by atoms with Crippen molar-refractivity contribution in [2.24, 2.45) is 15.3 Å². The van der Waals surface area contributed by atoms with E-state index in [0.29, 0.717) is 33.3 Å². The van der Waals surface area contributed by atoms with Crippen LogP contribution in [0, 0.1) is 0 Å². The van der Waals surface area contributed by atoms with E-state index in [1.165, 1.54) is 0 Å². The lowest BCUT2D eigenvalue weighted by molar-refractivity contribution is 0.477. The summed E-state index contributed by atoms with van der Waals surface area (Å²) in [6, 6.07) is 18.2. The summed E-state index contributed by atoms with van der Waals surface area (Å²) in [6.07, 6.45) is 0. The Hall–Kier alpha value is -4.49. The summed E-state index contributed by atoms with van der Waals surface area (Å²) in [7, 11) is 0. The predicted molar refractivity (Wildman–Crippen MR) is 110 cm³/mol. The molecule has 2 heterocycles. The van der Waals surface area contributed by atoms with Crippen molar-refractivity contribution in [1.29, 1.82) is 0 Å². The Balaban J connectivity index is 1.74. The molecule has 0 atom stereocenters. The van der Waals surface area contributed by atoms with Crippen LogP contribution in [-0.2, 0) is 0 Å². The molecule has 2 N–H and O–H groups in total. The van der Waals surface area contributed by atoms with E-state index in [2.05, 4.69) is 35.4 Å². The number of azide groups is 1.